The fraction of sp³-hybridized carbons (Fsp3) is 0.143. The maximum atomic E-state index is 2.24. The Kier molecular flexibility index (Phi) is 4.98. The van der Waals surface area contributed by atoms with Crippen LogP contribution in [0.25, 0.3) is 22.1 Å². The second-order valence-corrected chi connectivity index (χ2v) is 8.19. The van der Waals surface area contributed by atoms with Crippen LogP contribution >= 0.6 is 0 Å². The molecule has 0 saturated heterocycles. The van der Waals surface area contributed by atoms with E-state index in [4.69, 9.17) is 0 Å². The van der Waals surface area contributed by atoms with E-state index in [1.54, 1.807) is 0 Å². The van der Waals surface area contributed by atoms with Gasteiger partial charge in [0, 0.05) is 38.4 Å². The fourth-order valence-corrected chi connectivity index (χ4v) is 4.64. The molecular weight excluding hydrogens is 392 g/mol. The zero-order valence-electron chi connectivity index (χ0n) is 19.0. The zero-order chi connectivity index (χ0) is 22.2. The summed E-state index contributed by atoms with van der Waals surface area (Å²) in [6, 6.07) is 33.9. The number of nitrogens with zero attached hydrogens (tertiary/aromatic N) is 4. The van der Waals surface area contributed by atoms with Gasteiger partial charge in [-0.3, -0.25) is 0 Å². The van der Waals surface area contributed by atoms with Gasteiger partial charge in [-0.2, -0.15) is 9.13 Å². The molecule has 4 heteroatoms. The smallest absolute Gasteiger partial charge is 0.277 e. The third kappa shape index (κ3) is 3.16. The molecule has 0 amide bonds. The lowest BCUT2D eigenvalue weighted by Crippen LogP contribution is -2.40. The van der Waals surface area contributed by atoms with E-state index in [2.05, 4.69) is 144 Å². The van der Waals surface area contributed by atoms with Crippen LogP contribution in [0.3, 0.4) is 0 Å². The molecule has 0 saturated carbocycles. The zero-order valence-corrected chi connectivity index (χ0v) is 19.0. The first-order valence-corrected chi connectivity index (χ1v) is 10.9. The Balaban J connectivity index is 0.000000135. The standard InChI is InChI=1S/2C14H14N2/c2*1-15-11-7-3-5-9-13(11)16(2)14-10-6-4-8-12(14)15/h2*3-10H,1-2H3/q;+2. The number of aryl methyl sites for hydroxylation is 2. The first kappa shape index (κ1) is 20.0. The van der Waals surface area contributed by atoms with Crippen molar-refractivity contribution >= 4 is 44.8 Å². The number of anilines is 4. The highest BCUT2D eigenvalue weighted by atomic mass is 15.2. The van der Waals surface area contributed by atoms with Crippen molar-refractivity contribution in [3.63, 3.8) is 0 Å². The van der Waals surface area contributed by atoms with E-state index in [0.29, 0.717) is 0 Å². The Morgan fingerprint density at radius 3 is 0.875 bits per heavy atom. The number of hydrogen-bond acceptors (Lipinski definition) is 2. The first-order valence-electron chi connectivity index (χ1n) is 10.9. The van der Waals surface area contributed by atoms with Gasteiger partial charge in [-0.1, -0.05) is 48.5 Å². The Labute approximate surface area is 189 Å². The molecule has 0 atom stereocenters. The molecule has 32 heavy (non-hydrogen) atoms. The first-order chi connectivity index (χ1) is 15.6. The molecule has 0 N–H and O–H groups in total. The minimum absolute atomic E-state index is 1.25. The minimum Gasteiger partial charge on any atom is -0.341 e. The van der Waals surface area contributed by atoms with E-state index in [0.717, 1.165) is 0 Å². The second-order valence-electron chi connectivity index (χ2n) is 8.19. The summed E-state index contributed by atoms with van der Waals surface area (Å²) in [6.07, 6.45) is 0. The lowest BCUT2D eigenvalue weighted by molar-refractivity contribution is -0.658. The van der Waals surface area contributed by atoms with Crippen molar-refractivity contribution < 1.29 is 9.13 Å². The SMILES string of the molecule is CN1c2ccccc2N(C)c2ccccc21.C[n+]1c2ccccc2[n+](C)c2ccccc21. The van der Waals surface area contributed by atoms with Crippen LogP contribution in [0, 0.1) is 0 Å². The largest absolute Gasteiger partial charge is 0.341 e. The van der Waals surface area contributed by atoms with Crippen molar-refractivity contribution in [2.24, 2.45) is 14.1 Å². The van der Waals surface area contributed by atoms with Gasteiger partial charge in [0.05, 0.1) is 22.7 Å². The number of hydrogen-bond donors (Lipinski definition) is 0. The third-order valence-corrected chi connectivity index (χ3v) is 6.42. The molecule has 1 aromatic heterocycles. The van der Waals surface area contributed by atoms with E-state index in [1.807, 2.05) is 0 Å². The Morgan fingerprint density at radius 2 is 0.625 bits per heavy atom. The molecule has 4 aromatic carbocycles. The van der Waals surface area contributed by atoms with Gasteiger partial charge in [-0.15, -0.1) is 0 Å². The number of rotatable bonds is 0. The molecule has 0 unspecified atom stereocenters. The molecule has 0 bridgehead atoms. The van der Waals surface area contributed by atoms with Gasteiger partial charge >= 0.3 is 0 Å². The van der Waals surface area contributed by atoms with Crippen LogP contribution in [0.2, 0.25) is 0 Å². The van der Waals surface area contributed by atoms with Crippen LogP contribution in [0.1, 0.15) is 0 Å². The quantitative estimate of drug-likeness (QED) is 0.253. The maximum absolute atomic E-state index is 2.24. The maximum Gasteiger partial charge on any atom is 0.277 e. The molecule has 1 aliphatic rings. The highest BCUT2D eigenvalue weighted by Crippen LogP contribution is 2.45. The average molecular weight is 421 g/mol. The fourth-order valence-electron chi connectivity index (χ4n) is 4.64. The molecular formula is C28H28N4+2. The van der Waals surface area contributed by atoms with Gasteiger partial charge in [-0.25, -0.2) is 0 Å². The van der Waals surface area contributed by atoms with Crippen molar-refractivity contribution in [1.29, 1.82) is 0 Å². The molecule has 158 valence electrons. The Hall–Kier alpha value is -3.92. The highest BCUT2D eigenvalue weighted by molar-refractivity contribution is 5.92. The van der Waals surface area contributed by atoms with Gasteiger partial charge in [-0.05, 0) is 24.3 Å². The molecule has 6 rings (SSSR count). The molecule has 0 fully saturated rings. The van der Waals surface area contributed by atoms with Crippen LogP contribution < -0.4 is 18.9 Å². The van der Waals surface area contributed by atoms with Crippen LogP contribution in [0.4, 0.5) is 22.7 Å². The predicted molar refractivity (Wildman–Crippen MR) is 133 cm³/mol. The summed E-state index contributed by atoms with van der Waals surface area (Å²) in [5.41, 5.74) is 10.0. The van der Waals surface area contributed by atoms with Crippen molar-refractivity contribution in [3.8, 4) is 0 Å². The summed E-state index contributed by atoms with van der Waals surface area (Å²) in [5.74, 6) is 0. The summed E-state index contributed by atoms with van der Waals surface area (Å²) >= 11 is 0. The van der Waals surface area contributed by atoms with E-state index < -0.39 is 0 Å². The number of fused-ring (bicyclic) bond motifs is 4. The summed E-state index contributed by atoms with van der Waals surface area (Å²) in [5, 5.41) is 0. The van der Waals surface area contributed by atoms with Crippen LogP contribution in [-0.4, -0.2) is 14.1 Å². The highest BCUT2D eigenvalue weighted by Gasteiger charge is 2.23. The Bertz CT molecular complexity index is 1230. The van der Waals surface area contributed by atoms with Crippen LogP contribution in [0.15, 0.2) is 97.1 Å². The normalized spacial score (nSPS) is 12.2. The third-order valence-electron chi connectivity index (χ3n) is 6.42. The molecule has 0 radical (unpaired) electrons. The number of aromatic nitrogens is 2. The molecule has 4 nitrogen and oxygen atoms in total. The van der Waals surface area contributed by atoms with Crippen LogP contribution in [-0.2, 0) is 14.1 Å². The van der Waals surface area contributed by atoms with Gasteiger partial charge in [0.1, 0.15) is 14.1 Å². The van der Waals surface area contributed by atoms with Crippen molar-refractivity contribution in [3.05, 3.63) is 97.1 Å². The van der Waals surface area contributed by atoms with E-state index in [9.17, 15) is 0 Å². The molecule has 0 spiro atoms. The summed E-state index contributed by atoms with van der Waals surface area (Å²) in [4.78, 5) is 4.48. The van der Waals surface area contributed by atoms with Gasteiger partial charge in [0.2, 0.25) is 0 Å². The van der Waals surface area contributed by atoms with Crippen molar-refractivity contribution in [2.75, 3.05) is 23.9 Å². The summed E-state index contributed by atoms with van der Waals surface area (Å²) in [6.45, 7) is 0. The molecule has 5 aromatic rings. The molecule has 0 aliphatic carbocycles. The van der Waals surface area contributed by atoms with Crippen molar-refractivity contribution in [2.45, 2.75) is 0 Å². The second kappa shape index (κ2) is 7.97. The van der Waals surface area contributed by atoms with E-state index in [-0.39, 0.29) is 0 Å². The molecule has 2 heterocycles. The Morgan fingerprint density at radius 1 is 0.406 bits per heavy atom. The number of para-hydroxylation sites is 8. The lowest BCUT2D eigenvalue weighted by Gasteiger charge is -2.36. The topological polar surface area (TPSA) is 14.2 Å². The summed E-state index contributed by atoms with van der Waals surface area (Å²) in [7, 11) is 8.46. The molecule has 1 aliphatic heterocycles. The number of benzene rings is 4. The predicted octanol–water partition coefficient (Wildman–Crippen LogP) is 5.18. The van der Waals surface area contributed by atoms with Gasteiger partial charge in [0.15, 0.2) is 0 Å². The van der Waals surface area contributed by atoms with Crippen molar-refractivity contribution in [1.82, 2.24) is 0 Å². The van der Waals surface area contributed by atoms with E-state index >= 15 is 0 Å². The monoisotopic (exact) mass is 420 g/mol. The minimum atomic E-state index is 1.25. The van der Waals surface area contributed by atoms with Crippen LogP contribution in [0.5, 0.6) is 0 Å². The lowest BCUT2D eigenvalue weighted by atomic mass is 10.1. The van der Waals surface area contributed by atoms with Gasteiger partial charge in [0.25, 0.3) is 22.1 Å². The van der Waals surface area contributed by atoms with E-state index in [1.165, 1.54) is 44.8 Å². The average Bonchev–Trinajstić information content (AvgIpc) is 2.86. The summed E-state index contributed by atoms with van der Waals surface area (Å²) < 4.78 is 4.48. The van der Waals surface area contributed by atoms with Gasteiger partial charge < -0.3 is 9.80 Å².